The van der Waals surface area contributed by atoms with Gasteiger partial charge in [0.2, 0.25) is 0 Å². The molecule has 1 aromatic heterocycles. The van der Waals surface area contributed by atoms with E-state index < -0.39 is 22.7 Å². The highest BCUT2D eigenvalue weighted by Crippen LogP contribution is 2.40. The molecule has 1 heterocycles. The molecule has 182 valence electrons. The fourth-order valence-corrected chi connectivity index (χ4v) is 4.41. The Kier molecular flexibility index (Phi) is 7.11. The largest absolute Gasteiger partial charge is 0.465 e. The van der Waals surface area contributed by atoms with Crippen LogP contribution in [0.5, 0.6) is 0 Å². The Morgan fingerprint density at radius 2 is 1.64 bits per heavy atom. The summed E-state index contributed by atoms with van der Waals surface area (Å²) in [5, 5.41) is 16.1. The SMILES string of the molecule is COC(=O)c1c(-c2cc([N+](=O)[O-])ccc2Sc2ccc(F)cc2)nn(-c2ccccc2)c1C(=O)OC. The lowest BCUT2D eigenvalue weighted by molar-refractivity contribution is -0.384. The minimum absolute atomic E-state index is 0.0144. The fourth-order valence-electron chi connectivity index (χ4n) is 3.48. The molecule has 0 fully saturated rings. The Hall–Kier alpha value is -4.51. The van der Waals surface area contributed by atoms with E-state index in [0.29, 0.717) is 15.5 Å². The van der Waals surface area contributed by atoms with Crippen molar-refractivity contribution < 1.29 is 28.4 Å². The number of halogens is 1. The van der Waals surface area contributed by atoms with Crippen molar-refractivity contribution in [2.75, 3.05) is 14.2 Å². The van der Waals surface area contributed by atoms with Crippen molar-refractivity contribution in [3.63, 3.8) is 0 Å². The average Bonchev–Trinajstić information content (AvgIpc) is 3.30. The lowest BCUT2D eigenvalue weighted by Gasteiger charge is -2.09. The molecule has 0 saturated heterocycles. The van der Waals surface area contributed by atoms with Gasteiger partial charge in [0, 0.05) is 27.5 Å². The Morgan fingerprint density at radius 1 is 0.972 bits per heavy atom. The molecule has 11 heteroatoms. The molecule has 0 aliphatic heterocycles. The van der Waals surface area contributed by atoms with Crippen molar-refractivity contribution in [2.45, 2.75) is 9.79 Å². The summed E-state index contributed by atoms with van der Waals surface area (Å²) in [7, 11) is 2.31. The van der Waals surface area contributed by atoms with E-state index in [1.54, 1.807) is 42.5 Å². The molecule has 3 aromatic carbocycles. The minimum Gasteiger partial charge on any atom is -0.465 e. The maximum absolute atomic E-state index is 13.4. The van der Waals surface area contributed by atoms with Crippen LogP contribution in [0.2, 0.25) is 0 Å². The third-order valence-corrected chi connectivity index (χ3v) is 6.21. The van der Waals surface area contributed by atoms with Crippen LogP contribution in [0.3, 0.4) is 0 Å². The number of nitro benzene ring substituents is 1. The highest BCUT2D eigenvalue weighted by atomic mass is 32.2. The van der Waals surface area contributed by atoms with Crippen LogP contribution in [-0.2, 0) is 9.47 Å². The number of non-ortho nitro benzene ring substituents is 1. The summed E-state index contributed by atoms with van der Waals surface area (Å²) in [6.07, 6.45) is 0. The summed E-state index contributed by atoms with van der Waals surface area (Å²) in [4.78, 5) is 37.9. The van der Waals surface area contributed by atoms with Crippen LogP contribution in [0.1, 0.15) is 20.8 Å². The number of carbonyl (C=O) groups excluding carboxylic acids is 2. The molecule has 0 amide bonds. The Labute approximate surface area is 208 Å². The van der Waals surface area contributed by atoms with Crippen molar-refractivity contribution in [1.29, 1.82) is 0 Å². The predicted molar refractivity (Wildman–Crippen MR) is 129 cm³/mol. The van der Waals surface area contributed by atoms with Gasteiger partial charge in [0.15, 0.2) is 5.69 Å². The highest BCUT2D eigenvalue weighted by molar-refractivity contribution is 7.99. The normalized spacial score (nSPS) is 10.6. The number of nitro groups is 1. The standard InChI is InChI=1S/C25H18FN3O6S/c1-34-24(30)21-22(27-28(23(21)25(31)35-2)16-6-4-3-5-7-16)19-14-17(29(32)33)10-13-20(19)36-18-11-8-15(26)9-12-18/h3-14H,1-2H3. The zero-order valence-electron chi connectivity index (χ0n) is 19.0. The van der Waals surface area contributed by atoms with Crippen LogP contribution >= 0.6 is 11.8 Å². The van der Waals surface area contributed by atoms with E-state index in [1.807, 2.05) is 0 Å². The van der Waals surface area contributed by atoms with Gasteiger partial charge in [-0.25, -0.2) is 18.7 Å². The van der Waals surface area contributed by atoms with E-state index in [-0.39, 0.29) is 28.2 Å². The summed E-state index contributed by atoms with van der Waals surface area (Å²) in [5.41, 5.74) is -0.0201. The number of carbonyl (C=O) groups is 2. The van der Waals surface area contributed by atoms with Crippen LogP contribution in [-0.4, -0.2) is 40.9 Å². The number of rotatable bonds is 7. The predicted octanol–water partition coefficient (Wildman–Crippen LogP) is 5.31. The topological polar surface area (TPSA) is 114 Å². The van der Waals surface area contributed by atoms with Crippen molar-refractivity contribution in [1.82, 2.24) is 9.78 Å². The first kappa shape index (κ1) is 24.6. The van der Waals surface area contributed by atoms with Crippen molar-refractivity contribution in [3.8, 4) is 16.9 Å². The van der Waals surface area contributed by atoms with Gasteiger partial charge < -0.3 is 9.47 Å². The van der Waals surface area contributed by atoms with E-state index in [0.717, 1.165) is 14.2 Å². The molecule has 9 nitrogen and oxygen atoms in total. The van der Waals surface area contributed by atoms with Crippen LogP contribution in [0.4, 0.5) is 10.1 Å². The number of benzene rings is 3. The third kappa shape index (κ3) is 4.82. The fraction of sp³-hybridized carbons (Fsp3) is 0.0800. The number of esters is 2. The number of ether oxygens (including phenoxy) is 2. The van der Waals surface area contributed by atoms with Gasteiger partial charge in [0.05, 0.1) is 24.8 Å². The number of hydrogen-bond acceptors (Lipinski definition) is 8. The first-order chi connectivity index (χ1) is 17.3. The molecule has 0 aliphatic rings. The zero-order chi connectivity index (χ0) is 25.8. The molecule has 4 rings (SSSR count). The Bertz CT molecular complexity index is 1450. The van der Waals surface area contributed by atoms with E-state index >= 15 is 0 Å². The summed E-state index contributed by atoms with van der Waals surface area (Å²) in [6.45, 7) is 0. The second-order valence-electron chi connectivity index (χ2n) is 7.30. The van der Waals surface area contributed by atoms with Gasteiger partial charge in [0.1, 0.15) is 17.1 Å². The maximum atomic E-state index is 13.4. The molecule has 0 saturated carbocycles. The molecule has 4 aromatic rings. The maximum Gasteiger partial charge on any atom is 0.357 e. The molecule has 36 heavy (non-hydrogen) atoms. The third-order valence-electron chi connectivity index (χ3n) is 5.12. The molecule has 0 aliphatic carbocycles. The molecule has 0 N–H and O–H groups in total. The summed E-state index contributed by atoms with van der Waals surface area (Å²) in [5.74, 6) is -2.14. The van der Waals surface area contributed by atoms with Crippen molar-refractivity contribution >= 4 is 29.4 Å². The first-order valence-corrected chi connectivity index (χ1v) is 11.2. The molecule has 0 spiro atoms. The number of para-hydroxylation sites is 1. The Balaban J connectivity index is 2.02. The van der Waals surface area contributed by atoms with E-state index in [1.165, 1.54) is 46.8 Å². The van der Waals surface area contributed by atoms with Gasteiger partial charge in [-0.3, -0.25) is 10.1 Å². The summed E-state index contributed by atoms with van der Waals surface area (Å²) < 4.78 is 24.5. The van der Waals surface area contributed by atoms with Gasteiger partial charge in [-0.15, -0.1) is 0 Å². The molecular weight excluding hydrogens is 489 g/mol. The van der Waals surface area contributed by atoms with E-state index in [9.17, 15) is 24.1 Å². The monoisotopic (exact) mass is 507 g/mol. The van der Waals surface area contributed by atoms with Gasteiger partial charge in [-0.2, -0.15) is 5.10 Å². The van der Waals surface area contributed by atoms with Crippen LogP contribution in [0.15, 0.2) is 82.6 Å². The molecular formula is C25H18FN3O6S. The number of aromatic nitrogens is 2. The van der Waals surface area contributed by atoms with Crippen molar-refractivity contribution in [3.05, 3.63) is 100.0 Å². The zero-order valence-corrected chi connectivity index (χ0v) is 19.8. The van der Waals surface area contributed by atoms with Crippen LogP contribution in [0.25, 0.3) is 16.9 Å². The van der Waals surface area contributed by atoms with E-state index in [4.69, 9.17) is 9.47 Å². The van der Waals surface area contributed by atoms with Crippen molar-refractivity contribution in [2.24, 2.45) is 0 Å². The smallest absolute Gasteiger partial charge is 0.357 e. The molecule has 0 atom stereocenters. The molecule has 0 radical (unpaired) electrons. The second kappa shape index (κ2) is 10.4. The number of methoxy groups -OCH3 is 2. The number of hydrogen-bond donors (Lipinski definition) is 0. The molecule has 0 unspecified atom stereocenters. The lowest BCUT2D eigenvalue weighted by Crippen LogP contribution is -2.15. The second-order valence-corrected chi connectivity index (χ2v) is 8.41. The van der Waals surface area contributed by atoms with Gasteiger partial charge >= 0.3 is 11.9 Å². The highest BCUT2D eigenvalue weighted by Gasteiger charge is 2.33. The quantitative estimate of drug-likeness (QED) is 0.188. The summed E-state index contributed by atoms with van der Waals surface area (Å²) >= 11 is 1.18. The van der Waals surface area contributed by atoms with Crippen LogP contribution < -0.4 is 0 Å². The van der Waals surface area contributed by atoms with E-state index in [2.05, 4.69) is 5.10 Å². The first-order valence-electron chi connectivity index (χ1n) is 10.4. The minimum atomic E-state index is -0.878. The van der Waals surface area contributed by atoms with Gasteiger partial charge in [0.25, 0.3) is 5.69 Å². The van der Waals surface area contributed by atoms with Gasteiger partial charge in [-0.05, 0) is 42.5 Å². The van der Waals surface area contributed by atoms with Gasteiger partial charge in [-0.1, -0.05) is 30.0 Å². The molecule has 0 bridgehead atoms. The average molecular weight is 507 g/mol. The Morgan fingerprint density at radius 3 is 2.25 bits per heavy atom. The number of nitrogens with zero attached hydrogens (tertiary/aromatic N) is 3. The summed E-state index contributed by atoms with van der Waals surface area (Å²) in [6, 6.07) is 18.3. The van der Waals surface area contributed by atoms with Crippen LogP contribution in [0, 0.1) is 15.9 Å². The lowest BCUT2D eigenvalue weighted by atomic mass is 10.0.